The molecule has 0 amide bonds. The lowest BCUT2D eigenvalue weighted by Gasteiger charge is -2.07. The molecule has 0 atom stereocenters. The van der Waals surface area contributed by atoms with Crippen molar-refractivity contribution in [1.82, 2.24) is 14.5 Å². The van der Waals surface area contributed by atoms with Gasteiger partial charge in [-0.05, 0) is 24.3 Å². The Kier molecular flexibility index (Phi) is 2.91. The van der Waals surface area contributed by atoms with Crippen molar-refractivity contribution in [3.05, 3.63) is 45.8 Å². The van der Waals surface area contributed by atoms with Gasteiger partial charge in [-0.25, -0.2) is 14.4 Å². The molecule has 2 N–H and O–H groups in total. The molecule has 0 spiro atoms. The van der Waals surface area contributed by atoms with Gasteiger partial charge in [0.1, 0.15) is 11.3 Å². The number of hydrogen-bond donors (Lipinski definition) is 1. The third-order valence-electron chi connectivity index (χ3n) is 2.64. The number of anilines is 1. The summed E-state index contributed by atoms with van der Waals surface area (Å²) in [7, 11) is 0. The summed E-state index contributed by atoms with van der Waals surface area (Å²) in [5.41, 5.74) is 7.10. The minimum Gasteiger partial charge on any atom is -0.369 e. The van der Waals surface area contributed by atoms with Crippen LogP contribution in [0.3, 0.4) is 0 Å². The first kappa shape index (κ1) is 12.4. The zero-order chi connectivity index (χ0) is 13.6. The van der Waals surface area contributed by atoms with Crippen molar-refractivity contribution < 1.29 is 4.39 Å². The number of nitrogens with two attached hydrogens (primary N) is 1. The standard InChI is InChI=1S/C12H7BrClFN4/c13-6-1-2-8(15)10(3-6)19-11-9(18-12(19)16)4-7(14)5-17-11/h1-5H,(H2,16,18). The van der Waals surface area contributed by atoms with Crippen LogP contribution < -0.4 is 5.73 Å². The Bertz CT molecular complexity index is 787. The highest BCUT2D eigenvalue weighted by Crippen LogP contribution is 2.27. The molecule has 2 aromatic heterocycles. The fourth-order valence-electron chi connectivity index (χ4n) is 1.85. The summed E-state index contributed by atoms with van der Waals surface area (Å²) in [6.07, 6.45) is 1.47. The highest BCUT2D eigenvalue weighted by atomic mass is 79.9. The van der Waals surface area contributed by atoms with E-state index in [1.54, 1.807) is 18.2 Å². The van der Waals surface area contributed by atoms with Gasteiger partial charge in [0.15, 0.2) is 5.65 Å². The van der Waals surface area contributed by atoms with E-state index >= 15 is 0 Å². The van der Waals surface area contributed by atoms with E-state index in [2.05, 4.69) is 25.9 Å². The molecule has 0 aliphatic rings. The van der Waals surface area contributed by atoms with Crippen LogP contribution in [0.5, 0.6) is 0 Å². The van der Waals surface area contributed by atoms with Gasteiger partial charge in [0, 0.05) is 10.7 Å². The molecule has 0 aliphatic carbocycles. The van der Waals surface area contributed by atoms with E-state index in [0.29, 0.717) is 16.2 Å². The number of hydrogen-bond acceptors (Lipinski definition) is 3. The number of pyridine rings is 1. The molecule has 3 aromatic rings. The Balaban J connectivity index is 2.36. The summed E-state index contributed by atoms with van der Waals surface area (Å²) >= 11 is 9.15. The van der Waals surface area contributed by atoms with Crippen molar-refractivity contribution in [3.63, 3.8) is 0 Å². The van der Waals surface area contributed by atoms with Gasteiger partial charge in [-0.15, -0.1) is 0 Å². The average Bonchev–Trinajstić information content (AvgIpc) is 2.67. The van der Waals surface area contributed by atoms with Gasteiger partial charge in [-0.3, -0.25) is 4.57 Å². The maximum atomic E-state index is 13.9. The molecule has 2 heterocycles. The number of halogens is 3. The topological polar surface area (TPSA) is 56.7 Å². The molecule has 4 nitrogen and oxygen atoms in total. The van der Waals surface area contributed by atoms with E-state index in [-0.39, 0.29) is 11.6 Å². The first-order chi connectivity index (χ1) is 9.06. The predicted molar refractivity (Wildman–Crippen MR) is 75.9 cm³/mol. The maximum Gasteiger partial charge on any atom is 0.207 e. The zero-order valence-electron chi connectivity index (χ0n) is 9.44. The summed E-state index contributed by atoms with van der Waals surface area (Å²) in [4.78, 5) is 8.29. The number of imidazole rings is 1. The second-order valence-electron chi connectivity index (χ2n) is 3.90. The minimum absolute atomic E-state index is 0.154. The normalized spacial score (nSPS) is 11.1. The van der Waals surface area contributed by atoms with Crippen molar-refractivity contribution in [3.8, 4) is 5.69 Å². The van der Waals surface area contributed by atoms with E-state index in [1.165, 1.54) is 16.8 Å². The highest BCUT2D eigenvalue weighted by molar-refractivity contribution is 9.10. The molecule has 7 heteroatoms. The lowest BCUT2D eigenvalue weighted by molar-refractivity contribution is 0.619. The summed E-state index contributed by atoms with van der Waals surface area (Å²) in [5, 5.41) is 0.451. The van der Waals surface area contributed by atoms with Gasteiger partial charge in [0.25, 0.3) is 0 Å². The minimum atomic E-state index is -0.411. The Labute approximate surface area is 121 Å². The Morgan fingerprint density at radius 2 is 2.11 bits per heavy atom. The zero-order valence-corrected chi connectivity index (χ0v) is 11.8. The van der Waals surface area contributed by atoms with Crippen LogP contribution in [0.15, 0.2) is 34.9 Å². The van der Waals surface area contributed by atoms with Crippen LogP contribution >= 0.6 is 27.5 Å². The van der Waals surface area contributed by atoms with Gasteiger partial charge in [0.05, 0.1) is 10.7 Å². The van der Waals surface area contributed by atoms with Crippen LogP contribution in [0, 0.1) is 5.82 Å². The van der Waals surface area contributed by atoms with Gasteiger partial charge in [0.2, 0.25) is 5.95 Å². The van der Waals surface area contributed by atoms with E-state index in [9.17, 15) is 4.39 Å². The monoisotopic (exact) mass is 340 g/mol. The smallest absolute Gasteiger partial charge is 0.207 e. The molecule has 3 rings (SSSR count). The molecule has 0 unspecified atom stereocenters. The first-order valence-corrected chi connectivity index (χ1v) is 6.48. The van der Waals surface area contributed by atoms with Crippen molar-refractivity contribution in [2.75, 3.05) is 5.73 Å². The van der Waals surface area contributed by atoms with Gasteiger partial charge in [-0.2, -0.15) is 0 Å². The fraction of sp³-hybridized carbons (Fsp3) is 0. The number of benzene rings is 1. The van der Waals surface area contributed by atoms with Crippen LogP contribution in [0.1, 0.15) is 0 Å². The molecule has 0 bridgehead atoms. The number of nitrogen functional groups attached to an aromatic ring is 1. The highest BCUT2D eigenvalue weighted by Gasteiger charge is 2.15. The molecule has 0 radical (unpaired) electrons. The predicted octanol–water partition coefficient (Wildman–Crippen LogP) is 3.56. The van der Waals surface area contributed by atoms with E-state index in [4.69, 9.17) is 17.3 Å². The van der Waals surface area contributed by atoms with Gasteiger partial charge < -0.3 is 5.73 Å². The van der Waals surface area contributed by atoms with E-state index < -0.39 is 5.82 Å². The fourth-order valence-corrected chi connectivity index (χ4v) is 2.35. The molecule has 96 valence electrons. The summed E-state index contributed by atoms with van der Waals surface area (Å²) < 4.78 is 16.1. The Hall–Kier alpha value is -1.66. The van der Waals surface area contributed by atoms with E-state index in [0.717, 1.165) is 4.47 Å². The molecule has 0 fully saturated rings. The van der Waals surface area contributed by atoms with Crippen molar-refractivity contribution >= 4 is 44.6 Å². The Morgan fingerprint density at radius 1 is 1.32 bits per heavy atom. The lowest BCUT2D eigenvalue weighted by atomic mass is 10.3. The largest absolute Gasteiger partial charge is 0.369 e. The van der Waals surface area contributed by atoms with Crippen LogP contribution in [-0.2, 0) is 0 Å². The van der Waals surface area contributed by atoms with Gasteiger partial charge >= 0.3 is 0 Å². The maximum absolute atomic E-state index is 13.9. The molecule has 19 heavy (non-hydrogen) atoms. The van der Waals surface area contributed by atoms with Crippen molar-refractivity contribution in [2.45, 2.75) is 0 Å². The van der Waals surface area contributed by atoms with Crippen LogP contribution in [0.25, 0.3) is 16.9 Å². The molecule has 0 saturated carbocycles. The third kappa shape index (κ3) is 2.06. The molecular weight excluding hydrogens is 335 g/mol. The number of fused-ring (bicyclic) bond motifs is 1. The van der Waals surface area contributed by atoms with Crippen molar-refractivity contribution in [1.29, 1.82) is 0 Å². The number of rotatable bonds is 1. The van der Waals surface area contributed by atoms with Crippen LogP contribution in [-0.4, -0.2) is 14.5 Å². The van der Waals surface area contributed by atoms with Crippen LogP contribution in [0.4, 0.5) is 10.3 Å². The quantitative estimate of drug-likeness (QED) is 0.736. The first-order valence-electron chi connectivity index (χ1n) is 5.31. The SMILES string of the molecule is Nc1nc2cc(Cl)cnc2n1-c1cc(Br)ccc1F. The molecular formula is C12H7BrClFN4. The third-order valence-corrected chi connectivity index (χ3v) is 3.34. The van der Waals surface area contributed by atoms with E-state index in [1.807, 2.05) is 0 Å². The second kappa shape index (κ2) is 4.47. The molecule has 0 aliphatic heterocycles. The van der Waals surface area contributed by atoms with Crippen LogP contribution in [0.2, 0.25) is 5.02 Å². The van der Waals surface area contributed by atoms with Crippen molar-refractivity contribution in [2.24, 2.45) is 0 Å². The summed E-state index contributed by atoms with van der Waals surface area (Å²) in [6.45, 7) is 0. The lowest BCUT2D eigenvalue weighted by Crippen LogP contribution is -2.03. The number of nitrogens with zero attached hydrogens (tertiary/aromatic N) is 3. The van der Waals surface area contributed by atoms with Gasteiger partial charge in [-0.1, -0.05) is 27.5 Å². The molecule has 0 saturated heterocycles. The number of aromatic nitrogens is 3. The Morgan fingerprint density at radius 3 is 2.89 bits per heavy atom. The second-order valence-corrected chi connectivity index (χ2v) is 5.25. The summed E-state index contributed by atoms with van der Waals surface area (Å²) in [5.74, 6) is -0.257. The molecule has 1 aromatic carbocycles. The average molecular weight is 342 g/mol. The summed E-state index contributed by atoms with van der Waals surface area (Å²) in [6, 6.07) is 6.20.